The van der Waals surface area contributed by atoms with Crippen LogP contribution in [0.3, 0.4) is 0 Å². The van der Waals surface area contributed by atoms with Crippen LogP contribution in [-0.4, -0.2) is 40.0 Å². The van der Waals surface area contributed by atoms with Crippen LogP contribution in [0.1, 0.15) is 20.8 Å². The molecular formula is C14H22N2O4S. The zero-order valence-electron chi connectivity index (χ0n) is 12.5. The maximum atomic E-state index is 11.8. The van der Waals surface area contributed by atoms with Crippen molar-refractivity contribution >= 4 is 15.7 Å². The molecule has 7 heteroatoms. The zero-order chi connectivity index (χ0) is 15.5. The Hall–Kier alpha value is -1.15. The van der Waals surface area contributed by atoms with Crippen molar-refractivity contribution in [3.05, 3.63) is 24.3 Å². The molecule has 118 valence electrons. The third-order valence-electron chi connectivity index (χ3n) is 3.13. The molecule has 1 aliphatic heterocycles. The average Bonchev–Trinajstić information content (AvgIpc) is 2.42. The Balaban J connectivity index is 1.97. The Kier molecular flexibility index (Phi) is 4.88. The van der Waals surface area contributed by atoms with E-state index >= 15 is 0 Å². The number of benzene rings is 1. The van der Waals surface area contributed by atoms with Gasteiger partial charge in [0.25, 0.3) is 0 Å². The quantitative estimate of drug-likeness (QED) is 0.862. The molecule has 0 atom stereocenters. The molecule has 0 aliphatic carbocycles. The molecule has 1 fully saturated rings. The minimum atomic E-state index is -3.40. The van der Waals surface area contributed by atoms with E-state index in [1.54, 1.807) is 31.2 Å². The van der Waals surface area contributed by atoms with Crippen LogP contribution < -0.4 is 10.0 Å². The van der Waals surface area contributed by atoms with Crippen LogP contribution in [0, 0.1) is 0 Å². The number of hydrogen-bond acceptors (Lipinski definition) is 5. The summed E-state index contributed by atoms with van der Waals surface area (Å²) in [6.45, 7) is 6.97. The van der Waals surface area contributed by atoms with Gasteiger partial charge in [0.2, 0.25) is 10.0 Å². The normalized spacial score (nSPS) is 19.4. The highest BCUT2D eigenvalue weighted by Crippen LogP contribution is 2.20. The predicted molar refractivity (Wildman–Crippen MR) is 80.7 cm³/mol. The first-order valence-corrected chi connectivity index (χ1v) is 8.45. The Labute approximate surface area is 125 Å². The summed E-state index contributed by atoms with van der Waals surface area (Å²) in [5, 5.41) is 3.26. The Morgan fingerprint density at radius 2 is 1.76 bits per heavy atom. The van der Waals surface area contributed by atoms with E-state index < -0.39 is 15.8 Å². The lowest BCUT2D eigenvalue weighted by Gasteiger charge is -2.35. The minimum absolute atomic E-state index is 0.0502. The van der Waals surface area contributed by atoms with E-state index in [4.69, 9.17) is 9.47 Å². The average molecular weight is 314 g/mol. The summed E-state index contributed by atoms with van der Waals surface area (Å²) in [4.78, 5) is 0.257. The summed E-state index contributed by atoms with van der Waals surface area (Å²) in [5.74, 6) is -0.540. The number of anilines is 1. The molecule has 1 aliphatic rings. The highest BCUT2D eigenvalue weighted by molar-refractivity contribution is 7.89. The van der Waals surface area contributed by atoms with Gasteiger partial charge in [0.1, 0.15) is 0 Å². The molecule has 1 heterocycles. The zero-order valence-corrected chi connectivity index (χ0v) is 13.4. The number of ether oxygens (including phenoxy) is 2. The molecule has 0 aromatic heterocycles. The van der Waals surface area contributed by atoms with E-state index in [0.29, 0.717) is 19.8 Å². The Bertz CT molecular complexity index is 559. The van der Waals surface area contributed by atoms with Crippen molar-refractivity contribution in [1.29, 1.82) is 0 Å². The Morgan fingerprint density at radius 3 is 2.29 bits per heavy atom. The SMILES string of the molecule is CCNS(=O)(=O)c1ccc(NC2COC(C)(C)OC2)cc1. The second kappa shape index (κ2) is 6.31. The largest absolute Gasteiger partial charge is 0.378 e. The highest BCUT2D eigenvalue weighted by Gasteiger charge is 2.28. The van der Waals surface area contributed by atoms with E-state index in [1.165, 1.54) is 0 Å². The summed E-state index contributed by atoms with van der Waals surface area (Å²) in [6.07, 6.45) is 0. The summed E-state index contributed by atoms with van der Waals surface area (Å²) in [6, 6.07) is 6.69. The second-order valence-corrected chi connectivity index (χ2v) is 7.16. The summed E-state index contributed by atoms with van der Waals surface area (Å²) >= 11 is 0. The second-order valence-electron chi connectivity index (χ2n) is 5.39. The van der Waals surface area contributed by atoms with Gasteiger partial charge in [-0.05, 0) is 38.1 Å². The van der Waals surface area contributed by atoms with Gasteiger partial charge in [0.15, 0.2) is 5.79 Å². The topological polar surface area (TPSA) is 76.7 Å². The number of sulfonamides is 1. The molecule has 2 N–H and O–H groups in total. The van der Waals surface area contributed by atoms with Crippen molar-refractivity contribution < 1.29 is 17.9 Å². The highest BCUT2D eigenvalue weighted by atomic mass is 32.2. The van der Waals surface area contributed by atoms with Crippen LogP contribution in [-0.2, 0) is 19.5 Å². The van der Waals surface area contributed by atoms with Gasteiger partial charge >= 0.3 is 0 Å². The maximum absolute atomic E-state index is 11.8. The molecule has 21 heavy (non-hydrogen) atoms. The third-order valence-corrected chi connectivity index (χ3v) is 4.70. The van der Waals surface area contributed by atoms with Crippen molar-refractivity contribution in [3.8, 4) is 0 Å². The predicted octanol–water partition coefficient (Wildman–Crippen LogP) is 1.55. The summed E-state index contributed by atoms with van der Waals surface area (Å²) < 4.78 is 37.3. The van der Waals surface area contributed by atoms with Crippen LogP contribution in [0.4, 0.5) is 5.69 Å². The fourth-order valence-electron chi connectivity index (χ4n) is 2.02. The lowest BCUT2D eigenvalue weighted by atomic mass is 10.2. The van der Waals surface area contributed by atoms with Crippen LogP contribution in [0.15, 0.2) is 29.2 Å². The number of rotatable bonds is 5. The first-order valence-electron chi connectivity index (χ1n) is 6.96. The molecule has 1 saturated heterocycles. The van der Waals surface area contributed by atoms with E-state index in [-0.39, 0.29) is 10.9 Å². The van der Waals surface area contributed by atoms with Crippen molar-refractivity contribution in [2.75, 3.05) is 25.1 Å². The van der Waals surface area contributed by atoms with Gasteiger partial charge in [0.05, 0.1) is 24.2 Å². The maximum Gasteiger partial charge on any atom is 0.240 e. The molecular weight excluding hydrogens is 292 g/mol. The van der Waals surface area contributed by atoms with Gasteiger partial charge in [-0.3, -0.25) is 0 Å². The summed E-state index contributed by atoms with van der Waals surface area (Å²) in [7, 11) is -3.40. The third kappa shape index (κ3) is 4.41. The molecule has 0 amide bonds. The van der Waals surface area contributed by atoms with Crippen LogP contribution in [0.25, 0.3) is 0 Å². The monoisotopic (exact) mass is 314 g/mol. The molecule has 1 aromatic carbocycles. The molecule has 0 saturated carbocycles. The van der Waals surface area contributed by atoms with Crippen molar-refractivity contribution in [2.45, 2.75) is 37.5 Å². The van der Waals surface area contributed by atoms with E-state index in [1.807, 2.05) is 13.8 Å². The molecule has 6 nitrogen and oxygen atoms in total. The van der Waals surface area contributed by atoms with Crippen LogP contribution >= 0.6 is 0 Å². The van der Waals surface area contributed by atoms with Gasteiger partial charge in [-0.15, -0.1) is 0 Å². The van der Waals surface area contributed by atoms with E-state index in [9.17, 15) is 8.42 Å². The fraction of sp³-hybridized carbons (Fsp3) is 0.571. The minimum Gasteiger partial charge on any atom is -0.378 e. The van der Waals surface area contributed by atoms with Gasteiger partial charge in [-0.25, -0.2) is 13.1 Å². The first-order chi connectivity index (χ1) is 9.82. The van der Waals surface area contributed by atoms with E-state index in [2.05, 4.69) is 10.0 Å². The lowest BCUT2D eigenvalue weighted by Crippen LogP contribution is -2.45. The fourth-order valence-corrected chi connectivity index (χ4v) is 3.06. The van der Waals surface area contributed by atoms with Crippen molar-refractivity contribution in [1.82, 2.24) is 4.72 Å². The van der Waals surface area contributed by atoms with Crippen LogP contribution in [0.2, 0.25) is 0 Å². The molecule has 2 rings (SSSR count). The van der Waals surface area contributed by atoms with Crippen molar-refractivity contribution in [3.63, 3.8) is 0 Å². The van der Waals surface area contributed by atoms with Gasteiger partial charge in [-0.2, -0.15) is 0 Å². The van der Waals surface area contributed by atoms with Gasteiger partial charge < -0.3 is 14.8 Å². The molecule has 1 aromatic rings. The van der Waals surface area contributed by atoms with Crippen LogP contribution in [0.5, 0.6) is 0 Å². The molecule has 0 spiro atoms. The smallest absolute Gasteiger partial charge is 0.240 e. The Morgan fingerprint density at radius 1 is 1.19 bits per heavy atom. The number of nitrogens with one attached hydrogen (secondary N) is 2. The molecule has 0 bridgehead atoms. The first kappa shape index (κ1) is 16.2. The van der Waals surface area contributed by atoms with E-state index in [0.717, 1.165) is 5.69 Å². The standard InChI is InChI=1S/C14H22N2O4S/c1-4-15-21(17,18)13-7-5-11(6-8-13)16-12-9-19-14(2,3)20-10-12/h5-8,12,15-16H,4,9-10H2,1-3H3. The molecule has 0 unspecified atom stereocenters. The summed E-state index contributed by atoms with van der Waals surface area (Å²) in [5.41, 5.74) is 0.836. The number of hydrogen-bond donors (Lipinski definition) is 2. The lowest BCUT2D eigenvalue weighted by molar-refractivity contribution is -0.247. The van der Waals surface area contributed by atoms with Gasteiger partial charge in [0, 0.05) is 12.2 Å². The molecule has 0 radical (unpaired) electrons. The van der Waals surface area contributed by atoms with Crippen molar-refractivity contribution in [2.24, 2.45) is 0 Å². The van der Waals surface area contributed by atoms with Gasteiger partial charge in [-0.1, -0.05) is 6.92 Å².